The molecule has 0 aliphatic carbocycles. The molecule has 1 N–H and O–H groups in total. The molecule has 1 aliphatic rings. The van der Waals surface area contributed by atoms with Crippen molar-refractivity contribution in [3.05, 3.63) is 31.8 Å². The molecular formula is C14H17BrINO3. The molecule has 1 amide bonds. The standard InChI is InChI=1S/C14H17BrINO3/c1-17(9-14(19)4-6-20-7-5-14)13(18)11-8-10(16)2-3-12(11)15/h2-3,8,19H,4-7,9H2,1H3. The van der Waals surface area contributed by atoms with Crippen molar-refractivity contribution in [1.29, 1.82) is 0 Å². The van der Waals surface area contributed by atoms with Crippen molar-refractivity contribution < 1.29 is 14.6 Å². The van der Waals surface area contributed by atoms with Crippen molar-refractivity contribution in [3.63, 3.8) is 0 Å². The van der Waals surface area contributed by atoms with Gasteiger partial charge in [0.15, 0.2) is 0 Å². The Balaban J connectivity index is 2.10. The van der Waals surface area contributed by atoms with Gasteiger partial charge in [-0.2, -0.15) is 0 Å². The van der Waals surface area contributed by atoms with Crippen LogP contribution in [0.25, 0.3) is 0 Å². The van der Waals surface area contributed by atoms with Crippen LogP contribution in [0.1, 0.15) is 23.2 Å². The number of carbonyl (C=O) groups excluding carboxylic acids is 1. The zero-order valence-electron chi connectivity index (χ0n) is 11.2. The van der Waals surface area contributed by atoms with Crippen LogP contribution in [-0.2, 0) is 4.74 Å². The summed E-state index contributed by atoms with van der Waals surface area (Å²) in [5.41, 5.74) is -0.216. The van der Waals surface area contributed by atoms with E-state index in [0.29, 0.717) is 38.2 Å². The van der Waals surface area contributed by atoms with E-state index in [9.17, 15) is 9.90 Å². The smallest absolute Gasteiger partial charge is 0.254 e. The van der Waals surface area contributed by atoms with E-state index in [2.05, 4.69) is 38.5 Å². The third-order valence-electron chi connectivity index (χ3n) is 3.46. The van der Waals surface area contributed by atoms with Crippen molar-refractivity contribution in [3.8, 4) is 0 Å². The molecule has 1 aromatic rings. The Bertz CT molecular complexity index is 503. The summed E-state index contributed by atoms with van der Waals surface area (Å²) in [5.74, 6) is -0.0877. The first-order valence-corrected chi connectivity index (χ1v) is 8.29. The number of nitrogens with zero attached hydrogens (tertiary/aromatic N) is 1. The topological polar surface area (TPSA) is 49.8 Å². The Morgan fingerprint density at radius 1 is 1.50 bits per heavy atom. The highest BCUT2D eigenvalue weighted by atomic mass is 127. The van der Waals surface area contributed by atoms with Gasteiger partial charge in [0.05, 0.1) is 11.2 Å². The summed E-state index contributed by atoms with van der Waals surface area (Å²) >= 11 is 5.58. The van der Waals surface area contributed by atoms with E-state index in [1.165, 1.54) is 0 Å². The highest BCUT2D eigenvalue weighted by molar-refractivity contribution is 14.1. The van der Waals surface area contributed by atoms with Crippen molar-refractivity contribution in [2.75, 3.05) is 26.8 Å². The summed E-state index contributed by atoms with van der Waals surface area (Å²) in [6.45, 7) is 1.42. The Morgan fingerprint density at radius 2 is 2.15 bits per heavy atom. The van der Waals surface area contributed by atoms with E-state index in [-0.39, 0.29) is 5.91 Å². The number of hydrogen-bond donors (Lipinski definition) is 1. The zero-order valence-corrected chi connectivity index (χ0v) is 15.0. The van der Waals surface area contributed by atoms with Crippen molar-refractivity contribution in [1.82, 2.24) is 4.90 Å². The molecular weight excluding hydrogens is 437 g/mol. The Hall–Kier alpha value is -0.180. The molecule has 0 atom stereocenters. The molecule has 1 aliphatic heterocycles. The number of carbonyl (C=O) groups is 1. The van der Waals surface area contributed by atoms with Gasteiger partial charge in [-0.1, -0.05) is 0 Å². The first-order valence-electron chi connectivity index (χ1n) is 6.42. The quantitative estimate of drug-likeness (QED) is 0.716. The normalized spacial score (nSPS) is 17.8. The van der Waals surface area contributed by atoms with Crippen LogP contribution in [0.3, 0.4) is 0 Å². The van der Waals surface area contributed by atoms with Gasteiger partial charge in [-0.15, -0.1) is 0 Å². The lowest BCUT2D eigenvalue weighted by molar-refractivity contribution is -0.0734. The number of likely N-dealkylation sites (N-methyl/N-ethyl adjacent to an activating group) is 1. The highest BCUT2D eigenvalue weighted by Gasteiger charge is 2.32. The molecule has 0 unspecified atom stereocenters. The molecule has 110 valence electrons. The van der Waals surface area contributed by atoms with Crippen LogP contribution < -0.4 is 0 Å². The molecule has 0 bridgehead atoms. The number of benzene rings is 1. The SMILES string of the molecule is CN(CC1(O)CCOCC1)C(=O)c1cc(I)ccc1Br. The minimum atomic E-state index is -0.836. The molecule has 1 aromatic carbocycles. The average molecular weight is 454 g/mol. The molecule has 0 aromatic heterocycles. The predicted octanol–water partition coefficient (Wildman–Crippen LogP) is 2.67. The van der Waals surface area contributed by atoms with Gasteiger partial charge in [0.25, 0.3) is 5.91 Å². The van der Waals surface area contributed by atoms with E-state index in [1.807, 2.05) is 18.2 Å². The van der Waals surface area contributed by atoms with Gasteiger partial charge in [-0.25, -0.2) is 0 Å². The first kappa shape index (κ1) is 16.2. The highest BCUT2D eigenvalue weighted by Crippen LogP contribution is 2.24. The van der Waals surface area contributed by atoms with Crippen LogP contribution in [-0.4, -0.2) is 48.3 Å². The molecule has 1 fully saturated rings. The second kappa shape index (κ2) is 6.72. The summed E-state index contributed by atoms with van der Waals surface area (Å²) in [4.78, 5) is 14.1. The van der Waals surface area contributed by atoms with Gasteiger partial charge in [0.2, 0.25) is 0 Å². The molecule has 4 nitrogen and oxygen atoms in total. The second-order valence-electron chi connectivity index (χ2n) is 5.12. The number of hydrogen-bond acceptors (Lipinski definition) is 3. The summed E-state index contributed by atoms with van der Waals surface area (Å²) < 4.78 is 7.03. The molecule has 1 heterocycles. The maximum Gasteiger partial charge on any atom is 0.254 e. The summed E-state index contributed by atoms with van der Waals surface area (Å²) in [6, 6.07) is 5.65. The monoisotopic (exact) mass is 453 g/mol. The van der Waals surface area contributed by atoms with Crippen molar-refractivity contribution in [2.24, 2.45) is 0 Å². The largest absolute Gasteiger partial charge is 0.388 e. The molecule has 0 radical (unpaired) electrons. The van der Waals surface area contributed by atoms with Gasteiger partial charge >= 0.3 is 0 Å². The van der Waals surface area contributed by atoms with Gasteiger partial charge < -0.3 is 14.7 Å². The molecule has 2 rings (SSSR count). The van der Waals surface area contributed by atoms with Crippen LogP contribution in [0.5, 0.6) is 0 Å². The molecule has 20 heavy (non-hydrogen) atoms. The summed E-state index contributed by atoms with van der Waals surface area (Å²) in [6.07, 6.45) is 1.14. The lowest BCUT2D eigenvalue weighted by Crippen LogP contribution is -2.47. The summed E-state index contributed by atoms with van der Waals surface area (Å²) in [7, 11) is 1.72. The third-order valence-corrected chi connectivity index (χ3v) is 4.82. The Morgan fingerprint density at radius 3 is 2.80 bits per heavy atom. The number of halogens is 2. The van der Waals surface area contributed by atoms with E-state index in [0.717, 1.165) is 8.04 Å². The van der Waals surface area contributed by atoms with Crippen LogP contribution in [0.2, 0.25) is 0 Å². The number of amides is 1. The number of rotatable bonds is 3. The van der Waals surface area contributed by atoms with Crippen molar-refractivity contribution in [2.45, 2.75) is 18.4 Å². The maximum absolute atomic E-state index is 12.5. The fourth-order valence-electron chi connectivity index (χ4n) is 2.29. The van der Waals surface area contributed by atoms with Crippen LogP contribution in [0, 0.1) is 3.57 Å². The van der Waals surface area contributed by atoms with Gasteiger partial charge in [0, 0.05) is 47.7 Å². The Kier molecular flexibility index (Phi) is 5.44. The van der Waals surface area contributed by atoms with Gasteiger partial charge in [-0.05, 0) is 56.7 Å². The van der Waals surface area contributed by atoms with Gasteiger partial charge in [0.1, 0.15) is 0 Å². The molecule has 1 saturated heterocycles. The molecule has 0 spiro atoms. The van der Waals surface area contributed by atoms with E-state index >= 15 is 0 Å². The fourth-order valence-corrected chi connectivity index (χ4v) is 3.20. The second-order valence-corrected chi connectivity index (χ2v) is 7.22. The lowest BCUT2D eigenvalue weighted by Gasteiger charge is -2.35. The maximum atomic E-state index is 12.5. The van der Waals surface area contributed by atoms with Crippen LogP contribution >= 0.6 is 38.5 Å². The third kappa shape index (κ3) is 3.93. The number of ether oxygens (including phenoxy) is 1. The molecule has 0 saturated carbocycles. The first-order chi connectivity index (χ1) is 9.41. The minimum absolute atomic E-state index is 0.0877. The van der Waals surface area contributed by atoms with Gasteiger partial charge in [-0.3, -0.25) is 4.79 Å². The fraction of sp³-hybridized carbons (Fsp3) is 0.500. The number of aliphatic hydroxyl groups is 1. The lowest BCUT2D eigenvalue weighted by atomic mass is 9.94. The zero-order chi connectivity index (χ0) is 14.8. The van der Waals surface area contributed by atoms with E-state index < -0.39 is 5.60 Å². The Labute approximate surface area is 140 Å². The van der Waals surface area contributed by atoms with Crippen LogP contribution in [0.15, 0.2) is 22.7 Å². The minimum Gasteiger partial charge on any atom is -0.388 e. The summed E-state index contributed by atoms with van der Waals surface area (Å²) in [5, 5.41) is 10.5. The molecule has 6 heteroatoms. The van der Waals surface area contributed by atoms with Crippen molar-refractivity contribution >= 4 is 44.4 Å². The average Bonchev–Trinajstić information content (AvgIpc) is 2.41. The van der Waals surface area contributed by atoms with E-state index in [1.54, 1.807) is 11.9 Å². The van der Waals surface area contributed by atoms with Crippen LogP contribution in [0.4, 0.5) is 0 Å². The predicted molar refractivity (Wildman–Crippen MR) is 88.8 cm³/mol. The van der Waals surface area contributed by atoms with E-state index in [4.69, 9.17) is 4.74 Å².